The number of hydrogen-bond donors (Lipinski definition) is 0. The van der Waals surface area contributed by atoms with Gasteiger partial charge in [0.15, 0.2) is 0 Å². The van der Waals surface area contributed by atoms with Gasteiger partial charge in [0.1, 0.15) is 0 Å². The first-order chi connectivity index (χ1) is 4.86. The van der Waals surface area contributed by atoms with Gasteiger partial charge < -0.3 is 0 Å². The normalized spacial score (nSPS) is 10.5. The predicted octanol–water partition coefficient (Wildman–Crippen LogP) is 1.80. The second-order valence-corrected chi connectivity index (χ2v) is 3.62. The van der Waals surface area contributed by atoms with E-state index in [-0.39, 0.29) is 0 Å². The molecule has 0 saturated carbocycles. The van der Waals surface area contributed by atoms with E-state index in [1.807, 2.05) is 6.20 Å². The number of aromatic nitrogens is 1. The van der Waals surface area contributed by atoms with Gasteiger partial charge in [-0.05, 0) is 29.0 Å². The third-order valence-electron chi connectivity index (χ3n) is 1.38. The van der Waals surface area contributed by atoms with Gasteiger partial charge in [-0.15, -0.1) is 9.24 Å². The summed E-state index contributed by atoms with van der Waals surface area (Å²) in [4.78, 5) is 0. The van der Waals surface area contributed by atoms with Crippen molar-refractivity contribution in [3.8, 4) is 0 Å². The van der Waals surface area contributed by atoms with E-state index in [0.29, 0.717) is 0 Å². The zero-order chi connectivity index (χ0) is 6.97. The number of rotatable bonds is 0. The molecule has 1 aromatic carbocycles. The van der Waals surface area contributed by atoms with Gasteiger partial charge >= 0.3 is 0 Å². The smallest absolute Gasteiger partial charge is 0.0550 e. The van der Waals surface area contributed by atoms with Crippen LogP contribution in [0.4, 0.5) is 0 Å². The molecule has 10 heavy (non-hydrogen) atoms. The largest absolute Gasteiger partial charge is 0.200 e. The number of hydrogen-bond acceptors (Lipinski definition) is 2. The maximum absolute atomic E-state index is 4.07. The second kappa shape index (κ2) is 2.30. The fourth-order valence-electron chi connectivity index (χ4n) is 0.891. The van der Waals surface area contributed by atoms with Gasteiger partial charge in [-0.2, -0.15) is 4.37 Å². The standard InChI is InChI=1S/C7H6NPS/c9-6-1-2-7-5(3-6)4-8-10-7/h1-4H,9H2. The first-order valence-corrected chi connectivity index (χ1v) is 4.31. The van der Waals surface area contributed by atoms with E-state index in [1.165, 1.54) is 26.9 Å². The number of fused-ring (bicyclic) bond motifs is 1. The summed E-state index contributed by atoms with van der Waals surface area (Å²) in [6.45, 7) is 0. The van der Waals surface area contributed by atoms with E-state index in [9.17, 15) is 0 Å². The molecule has 3 heteroatoms. The molecule has 0 bridgehead atoms. The van der Waals surface area contributed by atoms with E-state index in [4.69, 9.17) is 0 Å². The highest BCUT2D eigenvalue weighted by molar-refractivity contribution is 7.27. The van der Waals surface area contributed by atoms with Gasteiger partial charge in [-0.1, -0.05) is 6.07 Å². The summed E-state index contributed by atoms with van der Waals surface area (Å²) >= 11 is 1.54. The van der Waals surface area contributed by atoms with Crippen molar-refractivity contribution in [3.05, 3.63) is 24.4 Å². The summed E-state index contributed by atoms with van der Waals surface area (Å²) in [5.74, 6) is 0. The van der Waals surface area contributed by atoms with Crippen LogP contribution in [0.15, 0.2) is 24.4 Å². The minimum Gasteiger partial charge on any atom is -0.200 e. The molecule has 0 radical (unpaired) electrons. The van der Waals surface area contributed by atoms with Crippen molar-refractivity contribution >= 4 is 36.2 Å². The Balaban J connectivity index is 2.86. The lowest BCUT2D eigenvalue weighted by molar-refractivity contribution is 1.61. The second-order valence-electron chi connectivity index (χ2n) is 2.12. The highest BCUT2D eigenvalue weighted by Gasteiger charge is 1.93. The molecular weight excluding hydrogens is 161 g/mol. The Labute approximate surface area is 65.4 Å². The van der Waals surface area contributed by atoms with Crippen molar-refractivity contribution in [2.75, 3.05) is 0 Å². The van der Waals surface area contributed by atoms with Gasteiger partial charge in [0.2, 0.25) is 0 Å². The fraction of sp³-hybridized carbons (Fsp3) is 0. The SMILES string of the molecule is Pc1ccc2sncc2c1. The molecule has 0 aliphatic heterocycles. The maximum atomic E-state index is 4.07. The topological polar surface area (TPSA) is 12.9 Å². The lowest BCUT2D eigenvalue weighted by Gasteiger charge is -1.88. The van der Waals surface area contributed by atoms with Gasteiger partial charge in [-0.3, -0.25) is 0 Å². The summed E-state index contributed by atoms with van der Waals surface area (Å²) in [5.41, 5.74) is 0. The lowest BCUT2D eigenvalue weighted by atomic mass is 10.3. The molecule has 2 rings (SSSR count). The molecule has 1 aromatic heterocycles. The molecule has 1 atom stereocenters. The Morgan fingerprint density at radius 2 is 2.30 bits per heavy atom. The third-order valence-corrected chi connectivity index (χ3v) is 2.52. The third kappa shape index (κ3) is 0.938. The summed E-state index contributed by atoms with van der Waals surface area (Å²) in [6, 6.07) is 6.28. The van der Waals surface area contributed by atoms with Crippen LogP contribution in [0.1, 0.15) is 0 Å². The lowest BCUT2D eigenvalue weighted by Crippen LogP contribution is -1.84. The Morgan fingerprint density at radius 1 is 1.40 bits per heavy atom. The summed E-state index contributed by atoms with van der Waals surface area (Å²) < 4.78 is 5.33. The molecule has 0 aliphatic rings. The van der Waals surface area contributed by atoms with Gasteiger partial charge in [0.25, 0.3) is 0 Å². The Kier molecular flexibility index (Phi) is 1.44. The molecule has 1 nitrogen and oxygen atoms in total. The highest BCUT2D eigenvalue weighted by Crippen LogP contribution is 2.16. The molecule has 50 valence electrons. The van der Waals surface area contributed by atoms with Crippen LogP contribution >= 0.6 is 20.8 Å². The molecule has 0 fully saturated rings. The van der Waals surface area contributed by atoms with Crippen LogP contribution in [0.5, 0.6) is 0 Å². The molecule has 1 heterocycles. The molecule has 0 N–H and O–H groups in total. The van der Waals surface area contributed by atoms with Crippen molar-refractivity contribution in [3.63, 3.8) is 0 Å². The predicted molar refractivity (Wildman–Crippen MR) is 49.0 cm³/mol. The maximum Gasteiger partial charge on any atom is 0.0550 e. The average Bonchev–Trinajstić information content (AvgIpc) is 2.33. The summed E-state index contributed by atoms with van der Waals surface area (Å²) in [7, 11) is 2.67. The van der Waals surface area contributed by atoms with Crippen molar-refractivity contribution in [1.29, 1.82) is 0 Å². The van der Waals surface area contributed by atoms with Crippen LogP contribution in [0.2, 0.25) is 0 Å². The zero-order valence-corrected chi connectivity index (χ0v) is 7.21. The first-order valence-electron chi connectivity index (χ1n) is 2.96. The van der Waals surface area contributed by atoms with Crippen molar-refractivity contribution < 1.29 is 0 Å². The van der Waals surface area contributed by atoms with Crippen LogP contribution < -0.4 is 5.30 Å². The quantitative estimate of drug-likeness (QED) is 0.545. The van der Waals surface area contributed by atoms with E-state index in [1.54, 1.807) is 0 Å². The number of benzene rings is 1. The minimum absolute atomic E-state index is 1.22. The highest BCUT2D eigenvalue weighted by atomic mass is 32.1. The first kappa shape index (κ1) is 6.26. The van der Waals surface area contributed by atoms with Crippen molar-refractivity contribution in [2.24, 2.45) is 0 Å². The Morgan fingerprint density at radius 3 is 3.20 bits per heavy atom. The monoisotopic (exact) mass is 167 g/mol. The van der Waals surface area contributed by atoms with Crippen molar-refractivity contribution in [1.82, 2.24) is 4.37 Å². The van der Waals surface area contributed by atoms with E-state index >= 15 is 0 Å². The Bertz CT molecular complexity index is 355. The van der Waals surface area contributed by atoms with Crippen LogP contribution in [0, 0.1) is 0 Å². The van der Waals surface area contributed by atoms with Crippen LogP contribution in [-0.2, 0) is 0 Å². The van der Waals surface area contributed by atoms with Crippen LogP contribution in [0.3, 0.4) is 0 Å². The van der Waals surface area contributed by atoms with Crippen LogP contribution in [0.25, 0.3) is 10.1 Å². The van der Waals surface area contributed by atoms with Crippen molar-refractivity contribution in [2.45, 2.75) is 0 Å². The van der Waals surface area contributed by atoms with E-state index < -0.39 is 0 Å². The molecule has 0 aliphatic carbocycles. The molecule has 2 aromatic rings. The van der Waals surface area contributed by atoms with Gasteiger partial charge in [0, 0.05) is 11.6 Å². The van der Waals surface area contributed by atoms with Crippen LogP contribution in [-0.4, -0.2) is 4.37 Å². The average molecular weight is 167 g/mol. The van der Waals surface area contributed by atoms with E-state index in [2.05, 4.69) is 31.8 Å². The molecular formula is C7H6NPS. The number of nitrogens with zero attached hydrogens (tertiary/aromatic N) is 1. The van der Waals surface area contributed by atoms with E-state index in [0.717, 1.165) is 0 Å². The fourth-order valence-corrected chi connectivity index (χ4v) is 1.79. The van der Waals surface area contributed by atoms with Gasteiger partial charge in [-0.25, -0.2) is 0 Å². The molecule has 0 spiro atoms. The minimum atomic E-state index is 1.22. The molecule has 1 unspecified atom stereocenters. The zero-order valence-electron chi connectivity index (χ0n) is 5.24. The molecule has 0 saturated heterocycles. The molecule has 0 amide bonds. The van der Waals surface area contributed by atoms with Gasteiger partial charge in [0.05, 0.1) is 4.70 Å². The summed E-state index contributed by atoms with van der Waals surface area (Å²) in [5, 5.41) is 2.45. The summed E-state index contributed by atoms with van der Waals surface area (Å²) in [6.07, 6.45) is 1.90. The Hall–Kier alpha value is -0.460.